The lowest BCUT2D eigenvalue weighted by Gasteiger charge is -2.32. The Hall–Kier alpha value is -2.91. The van der Waals surface area contributed by atoms with E-state index in [4.69, 9.17) is 4.52 Å². The first-order valence-corrected chi connectivity index (χ1v) is 10.4. The largest absolute Gasteiger partial charge is 0.417 e. The highest BCUT2D eigenvalue weighted by Gasteiger charge is 2.38. The number of aromatic nitrogens is 4. The molecule has 0 N–H and O–H groups in total. The van der Waals surface area contributed by atoms with E-state index in [1.54, 1.807) is 16.5 Å². The van der Waals surface area contributed by atoms with E-state index < -0.39 is 11.7 Å². The molecule has 31 heavy (non-hydrogen) atoms. The lowest BCUT2D eigenvalue weighted by atomic mass is 9.91. The zero-order valence-electron chi connectivity index (χ0n) is 17.4. The Labute approximate surface area is 177 Å². The van der Waals surface area contributed by atoms with Crippen molar-refractivity contribution in [1.29, 1.82) is 0 Å². The minimum Gasteiger partial charge on any atom is -0.342 e. The number of amides is 1. The summed E-state index contributed by atoms with van der Waals surface area (Å²) in [4.78, 5) is 18.6. The number of halogens is 3. The number of likely N-dealkylation sites (tertiary alicyclic amines) is 1. The molecule has 0 unspecified atom stereocenters. The van der Waals surface area contributed by atoms with Gasteiger partial charge in [0.2, 0.25) is 5.91 Å². The van der Waals surface area contributed by atoms with E-state index in [0.29, 0.717) is 44.6 Å². The minimum atomic E-state index is -4.54. The van der Waals surface area contributed by atoms with Crippen molar-refractivity contribution in [2.45, 2.75) is 58.2 Å². The molecule has 0 bridgehead atoms. The Balaban J connectivity index is 1.56. The highest BCUT2D eigenvalue weighted by Crippen LogP contribution is 2.40. The van der Waals surface area contributed by atoms with Gasteiger partial charge in [0.05, 0.1) is 22.3 Å². The molecule has 0 aliphatic carbocycles. The summed E-state index contributed by atoms with van der Waals surface area (Å²) in [6.07, 6.45) is -0.764. The summed E-state index contributed by atoms with van der Waals surface area (Å²) in [6.45, 7) is 4.96. The molecule has 1 amide bonds. The molecular weight excluding hydrogens is 411 g/mol. The van der Waals surface area contributed by atoms with Crippen LogP contribution in [-0.4, -0.2) is 43.8 Å². The van der Waals surface area contributed by atoms with Crippen LogP contribution < -0.4 is 0 Å². The molecule has 3 aromatic heterocycles. The van der Waals surface area contributed by atoms with Crippen molar-refractivity contribution in [2.75, 3.05) is 13.1 Å². The second kappa shape index (κ2) is 8.32. The quantitative estimate of drug-likeness (QED) is 0.603. The zero-order chi connectivity index (χ0) is 22.2. The van der Waals surface area contributed by atoms with Crippen LogP contribution >= 0.6 is 0 Å². The van der Waals surface area contributed by atoms with Gasteiger partial charge in [-0.3, -0.25) is 9.48 Å². The maximum Gasteiger partial charge on any atom is 0.417 e. The van der Waals surface area contributed by atoms with E-state index in [-0.39, 0.29) is 35.0 Å². The van der Waals surface area contributed by atoms with E-state index >= 15 is 0 Å². The van der Waals surface area contributed by atoms with Crippen molar-refractivity contribution in [3.05, 3.63) is 41.0 Å². The third kappa shape index (κ3) is 4.42. The van der Waals surface area contributed by atoms with Crippen molar-refractivity contribution in [3.63, 3.8) is 0 Å². The van der Waals surface area contributed by atoms with E-state index in [9.17, 15) is 18.0 Å². The molecule has 0 aromatic carbocycles. The maximum absolute atomic E-state index is 13.8. The first-order valence-electron chi connectivity index (χ1n) is 10.4. The van der Waals surface area contributed by atoms with Gasteiger partial charge in [-0.2, -0.15) is 18.3 Å². The monoisotopic (exact) mass is 435 g/mol. The maximum atomic E-state index is 13.8. The van der Waals surface area contributed by atoms with Crippen LogP contribution in [0.1, 0.15) is 54.7 Å². The number of nitrogens with zero attached hydrogens (tertiary/aromatic N) is 5. The molecule has 4 rings (SSSR count). The molecule has 1 saturated heterocycles. The molecular formula is C21H24F3N5O2. The van der Waals surface area contributed by atoms with Gasteiger partial charge in [0.15, 0.2) is 0 Å². The standard InChI is InChI=1S/C21H24F3N5O2/c1-3-15-11-16(21(22,23)24)18-19(27-31-20(18)25-15)14-5-4-8-28(12-14)17(30)7-10-29-9-6-13(2)26-29/h6,9,11,14H,3-5,7-8,10,12H2,1-2H3/t14-/m1/s1. The summed E-state index contributed by atoms with van der Waals surface area (Å²) in [5, 5.41) is 8.16. The fourth-order valence-corrected chi connectivity index (χ4v) is 4.09. The van der Waals surface area contributed by atoms with Crippen LogP contribution in [0, 0.1) is 6.92 Å². The van der Waals surface area contributed by atoms with Crippen LogP contribution in [-0.2, 0) is 23.9 Å². The Morgan fingerprint density at radius 2 is 2.16 bits per heavy atom. The summed E-state index contributed by atoms with van der Waals surface area (Å²) >= 11 is 0. The number of aryl methyl sites for hydroxylation is 3. The second-order valence-corrected chi connectivity index (χ2v) is 7.91. The van der Waals surface area contributed by atoms with Crippen LogP contribution in [0.4, 0.5) is 13.2 Å². The number of pyridine rings is 1. The summed E-state index contributed by atoms with van der Waals surface area (Å²) < 4.78 is 48.2. The third-order valence-corrected chi connectivity index (χ3v) is 5.68. The third-order valence-electron chi connectivity index (χ3n) is 5.68. The molecule has 3 aromatic rings. The number of hydrogen-bond acceptors (Lipinski definition) is 5. The van der Waals surface area contributed by atoms with Crippen molar-refractivity contribution in [3.8, 4) is 0 Å². The van der Waals surface area contributed by atoms with Gasteiger partial charge < -0.3 is 9.42 Å². The van der Waals surface area contributed by atoms with Gasteiger partial charge in [-0.25, -0.2) is 4.98 Å². The van der Waals surface area contributed by atoms with Crippen molar-refractivity contribution < 1.29 is 22.5 Å². The molecule has 4 heterocycles. The van der Waals surface area contributed by atoms with Crippen LogP contribution in [0.3, 0.4) is 0 Å². The topological polar surface area (TPSA) is 77.0 Å². The van der Waals surface area contributed by atoms with E-state index in [1.807, 2.05) is 19.2 Å². The zero-order valence-corrected chi connectivity index (χ0v) is 17.4. The lowest BCUT2D eigenvalue weighted by molar-refractivity contribution is -0.136. The SMILES string of the molecule is CCc1cc(C(F)(F)F)c2c([C@@H]3CCCN(C(=O)CCn4ccc(C)n4)C3)noc2n1. The van der Waals surface area contributed by atoms with Crippen LogP contribution in [0.5, 0.6) is 0 Å². The highest BCUT2D eigenvalue weighted by atomic mass is 19.4. The number of carbonyl (C=O) groups is 1. The molecule has 0 saturated carbocycles. The van der Waals surface area contributed by atoms with Gasteiger partial charge in [0.1, 0.15) is 0 Å². The number of hydrogen-bond donors (Lipinski definition) is 0. The van der Waals surface area contributed by atoms with Gasteiger partial charge in [0, 0.05) is 43.9 Å². The average Bonchev–Trinajstić information content (AvgIpc) is 3.36. The normalized spacial score (nSPS) is 17.5. The molecule has 1 aliphatic rings. The number of alkyl halides is 3. The predicted molar refractivity (Wildman–Crippen MR) is 106 cm³/mol. The summed E-state index contributed by atoms with van der Waals surface area (Å²) in [5.74, 6) is -0.380. The van der Waals surface area contributed by atoms with Gasteiger partial charge in [-0.15, -0.1) is 0 Å². The molecule has 1 aliphatic heterocycles. The van der Waals surface area contributed by atoms with Gasteiger partial charge in [0.25, 0.3) is 5.71 Å². The van der Waals surface area contributed by atoms with Crippen molar-refractivity contribution in [1.82, 2.24) is 24.8 Å². The molecule has 10 heteroatoms. The molecule has 0 radical (unpaired) electrons. The molecule has 166 valence electrons. The van der Waals surface area contributed by atoms with E-state index in [2.05, 4.69) is 15.2 Å². The fourth-order valence-electron chi connectivity index (χ4n) is 4.09. The number of carbonyl (C=O) groups excluding carboxylic acids is 1. The number of rotatable bonds is 5. The van der Waals surface area contributed by atoms with Crippen molar-refractivity contribution >= 4 is 17.0 Å². The van der Waals surface area contributed by atoms with E-state index in [1.165, 1.54) is 0 Å². The second-order valence-electron chi connectivity index (χ2n) is 7.91. The van der Waals surface area contributed by atoms with Gasteiger partial charge >= 0.3 is 6.18 Å². The minimum absolute atomic E-state index is 0.0481. The lowest BCUT2D eigenvalue weighted by Crippen LogP contribution is -2.39. The number of piperidine rings is 1. The first kappa shape index (κ1) is 21.3. The number of fused-ring (bicyclic) bond motifs is 1. The van der Waals surface area contributed by atoms with Crippen LogP contribution in [0.2, 0.25) is 0 Å². The van der Waals surface area contributed by atoms with E-state index in [0.717, 1.165) is 11.8 Å². The average molecular weight is 435 g/mol. The molecule has 7 nitrogen and oxygen atoms in total. The Morgan fingerprint density at radius 3 is 2.84 bits per heavy atom. The summed E-state index contributed by atoms with van der Waals surface area (Å²) in [5.41, 5.74) is 0.542. The Kier molecular flexibility index (Phi) is 5.72. The summed E-state index contributed by atoms with van der Waals surface area (Å²) in [6, 6.07) is 2.94. The summed E-state index contributed by atoms with van der Waals surface area (Å²) in [7, 11) is 0. The smallest absolute Gasteiger partial charge is 0.342 e. The predicted octanol–water partition coefficient (Wildman–Crippen LogP) is 4.11. The van der Waals surface area contributed by atoms with Crippen LogP contribution in [0.15, 0.2) is 22.9 Å². The Morgan fingerprint density at radius 1 is 1.35 bits per heavy atom. The highest BCUT2D eigenvalue weighted by molar-refractivity contribution is 5.82. The van der Waals surface area contributed by atoms with Crippen molar-refractivity contribution in [2.24, 2.45) is 0 Å². The molecule has 0 spiro atoms. The fraction of sp³-hybridized carbons (Fsp3) is 0.524. The molecule has 1 fully saturated rings. The first-order chi connectivity index (χ1) is 14.8. The molecule has 1 atom stereocenters. The van der Waals surface area contributed by atoms with Crippen LogP contribution in [0.25, 0.3) is 11.1 Å². The Bertz CT molecular complexity index is 1090. The van der Waals surface area contributed by atoms with Gasteiger partial charge in [-0.05, 0) is 38.3 Å². The van der Waals surface area contributed by atoms with Gasteiger partial charge in [-0.1, -0.05) is 12.1 Å².